The van der Waals surface area contributed by atoms with Crippen molar-refractivity contribution >= 4 is 0 Å². The monoisotopic (exact) mass is 422 g/mol. The lowest BCUT2D eigenvalue weighted by Gasteiger charge is -2.48. The summed E-state index contributed by atoms with van der Waals surface area (Å²) in [7, 11) is 0. The Morgan fingerprint density at radius 2 is 1.69 bits per heavy atom. The molecular weight excluding hydrogens is 384 g/mol. The predicted octanol–water partition coefficient (Wildman–Crippen LogP) is 6.78. The van der Waals surface area contributed by atoms with Gasteiger partial charge in [0.05, 0.1) is 6.10 Å². The van der Waals surface area contributed by atoms with Gasteiger partial charge in [0, 0.05) is 0 Å². The maximum absolute atomic E-state index is 16.1. The normalized spacial score (nSPS) is 45.0. The molecule has 9 atom stereocenters. The first-order chi connectivity index (χ1) is 13.3. The van der Waals surface area contributed by atoms with Crippen molar-refractivity contribution in [1.29, 1.82) is 0 Å². The van der Waals surface area contributed by atoms with E-state index in [1.165, 1.54) is 0 Å². The lowest BCUT2D eigenvalue weighted by Crippen LogP contribution is -2.64. The maximum Gasteiger partial charge on any atom is 0.420 e. The molecular formula is C23H38F4O2. The van der Waals surface area contributed by atoms with E-state index in [0.717, 1.165) is 26.2 Å². The first-order valence-electron chi connectivity index (χ1n) is 11.3. The molecule has 0 heterocycles. The molecule has 0 saturated heterocycles. The van der Waals surface area contributed by atoms with Gasteiger partial charge in [-0.05, 0) is 74.0 Å². The van der Waals surface area contributed by atoms with Gasteiger partial charge < -0.3 is 9.47 Å². The van der Waals surface area contributed by atoms with Crippen LogP contribution in [-0.2, 0) is 9.47 Å². The molecule has 3 aliphatic rings. The van der Waals surface area contributed by atoms with Crippen LogP contribution in [0.5, 0.6) is 0 Å². The van der Waals surface area contributed by atoms with Gasteiger partial charge in [-0.15, -0.1) is 0 Å². The van der Waals surface area contributed by atoms with Crippen LogP contribution in [0.25, 0.3) is 0 Å². The molecule has 0 radical (unpaired) electrons. The molecule has 0 aromatic carbocycles. The Morgan fingerprint density at radius 1 is 1.03 bits per heavy atom. The summed E-state index contributed by atoms with van der Waals surface area (Å²) in [5, 5.41) is 0. The molecule has 0 amide bonds. The smallest absolute Gasteiger partial charge is 0.352 e. The van der Waals surface area contributed by atoms with E-state index in [9.17, 15) is 13.2 Å². The van der Waals surface area contributed by atoms with E-state index in [1.807, 2.05) is 13.8 Å². The maximum atomic E-state index is 16.1. The zero-order valence-corrected chi connectivity index (χ0v) is 18.7. The average Bonchev–Trinajstić information content (AvgIpc) is 3.10. The van der Waals surface area contributed by atoms with Crippen molar-refractivity contribution in [2.24, 2.45) is 41.4 Å². The van der Waals surface area contributed by atoms with Gasteiger partial charge in [0.1, 0.15) is 6.79 Å². The Labute approximate surface area is 173 Å². The molecule has 3 aliphatic carbocycles. The lowest BCUT2D eigenvalue weighted by atomic mass is 9.67. The van der Waals surface area contributed by atoms with Gasteiger partial charge >= 0.3 is 6.18 Å². The van der Waals surface area contributed by atoms with Crippen LogP contribution in [0, 0.1) is 41.4 Å². The summed E-state index contributed by atoms with van der Waals surface area (Å²) >= 11 is 0. The van der Waals surface area contributed by atoms with Crippen LogP contribution < -0.4 is 0 Å². The second kappa shape index (κ2) is 7.96. The van der Waals surface area contributed by atoms with Crippen molar-refractivity contribution in [3.8, 4) is 0 Å². The third kappa shape index (κ3) is 3.86. The average molecular weight is 423 g/mol. The summed E-state index contributed by atoms with van der Waals surface area (Å²) in [4.78, 5) is 0. The van der Waals surface area contributed by atoms with Gasteiger partial charge in [-0.25, -0.2) is 4.39 Å². The molecule has 170 valence electrons. The summed E-state index contributed by atoms with van der Waals surface area (Å²) in [5.74, 6) is 0.728. The largest absolute Gasteiger partial charge is 0.420 e. The predicted molar refractivity (Wildman–Crippen MR) is 105 cm³/mol. The van der Waals surface area contributed by atoms with E-state index in [-0.39, 0.29) is 30.3 Å². The highest BCUT2D eigenvalue weighted by Gasteiger charge is 2.74. The summed E-state index contributed by atoms with van der Waals surface area (Å²) in [6.45, 7) is 10.7. The van der Waals surface area contributed by atoms with Gasteiger partial charge in [-0.2, -0.15) is 13.2 Å². The molecule has 3 fully saturated rings. The molecule has 9 unspecified atom stereocenters. The summed E-state index contributed by atoms with van der Waals surface area (Å²) in [6.07, 6.45) is -1.56. The van der Waals surface area contributed by atoms with E-state index in [1.54, 1.807) is 0 Å². The standard InChI is InChI=1S/C23H38F4O2/c1-13(2)18-8-7-14(3)9-20(18)28-12-29-21(6,23(25,26)27)22(24)11-17-10-19(22)16(5)15(17)4/h13-20H,7-12H2,1-6H3. The zero-order valence-electron chi connectivity index (χ0n) is 18.7. The van der Waals surface area contributed by atoms with Crippen molar-refractivity contribution < 1.29 is 27.0 Å². The Balaban J connectivity index is 1.73. The molecule has 0 spiro atoms. The van der Waals surface area contributed by atoms with Crippen LogP contribution in [0.4, 0.5) is 17.6 Å². The van der Waals surface area contributed by atoms with E-state index >= 15 is 4.39 Å². The zero-order chi connectivity index (χ0) is 21.8. The third-order valence-corrected chi connectivity index (χ3v) is 8.84. The van der Waals surface area contributed by atoms with Crippen molar-refractivity contribution in [3.05, 3.63) is 0 Å². The summed E-state index contributed by atoms with van der Waals surface area (Å²) < 4.78 is 69.8. The SMILES string of the molecule is CC1CCC(C(C)C)C(OCOC(C)(C(F)(F)F)C2(F)CC3CC2C(C)C3C)C1. The number of ether oxygens (including phenoxy) is 2. The molecule has 0 aromatic heterocycles. The Hall–Kier alpha value is -0.360. The highest BCUT2D eigenvalue weighted by molar-refractivity contribution is 5.16. The van der Waals surface area contributed by atoms with Crippen LogP contribution in [0.3, 0.4) is 0 Å². The minimum absolute atomic E-state index is 0.00397. The quantitative estimate of drug-likeness (QED) is 0.347. The topological polar surface area (TPSA) is 18.5 Å². The molecule has 3 rings (SSSR count). The number of hydrogen-bond acceptors (Lipinski definition) is 2. The molecule has 29 heavy (non-hydrogen) atoms. The van der Waals surface area contributed by atoms with E-state index in [0.29, 0.717) is 24.2 Å². The number of fused-ring (bicyclic) bond motifs is 2. The second-order valence-electron chi connectivity index (χ2n) is 10.7. The summed E-state index contributed by atoms with van der Waals surface area (Å²) in [6, 6.07) is 0. The van der Waals surface area contributed by atoms with Crippen molar-refractivity contribution in [1.82, 2.24) is 0 Å². The van der Waals surface area contributed by atoms with Crippen LogP contribution in [0.2, 0.25) is 0 Å². The van der Waals surface area contributed by atoms with Crippen LogP contribution in [0.1, 0.15) is 73.6 Å². The van der Waals surface area contributed by atoms with Crippen molar-refractivity contribution in [2.75, 3.05) is 6.79 Å². The fourth-order valence-electron chi connectivity index (χ4n) is 6.49. The number of hydrogen-bond donors (Lipinski definition) is 0. The minimum Gasteiger partial charge on any atom is -0.352 e. The van der Waals surface area contributed by atoms with E-state index < -0.39 is 30.2 Å². The molecule has 0 aliphatic heterocycles. The molecule has 2 bridgehead atoms. The molecule has 6 heteroatoms. The number of alkyl halides is 4. The van der Waals surface area contributed by atoms with E-state index in [4.69, 9.17) is 9.47 Å². The molecule has 0 aromatic rings. The highest BCUT2D eigenvalue weighted by atomic mass is 19.4. The minimum atomic E-state index is -4.80. The fourth-order valence-corrected chi connectivity index (χ4v) is 6.49. The van der Waals surface area contributed by atoms with Crippen molar-refractivity contribution in [2.45, 2.75) is 97.2 Å². The molecule has 0 N–H and O–H groups in total. The first kappa shape index (κ1) is 23.3. The van der Waals surface area contributed by atoms with Gasteiger partial charge in [0.25, 0.3) is 0 Å². The second-order valence-corrected chi connectivity index (χ2v) is 10.7. The number of halogens is 4. The van der Waals surface area contributed by atoms with Crippen LogP contribution in [0.15, 0.2) is 0 Å². The van der Waals surface area contributed by atoms with Gasteiger partial charge in [-0.1, -0.05) is 41.0 Å². The molecule has 2 nitrogen and oxygen atoms in total. The van der Waals surface area contributed by atoms with Gasteiger partial charge in [-0.3, -0.25) is 0 Å². The number of rotatable bonds is 6. The molecule has 3 saturated carbocycles. The lowest BCUT2D eigenvalue weighted by molar-refractivity contribution is -0.345. The summed E-state index contributed by atoms with van der Waals surface area (Å²) in [5.41, 5.74) is -5.25. The Bertz CT molecular complexity index is 578. The van der Waals surface area contributed by atoms with Crippen LogP contribution >= 0.6 is 0 Å². The first-order valence-corrected chi connectivity index (χ1v) is 11.3. The van der Waals surface area contributed by atoms with Crippen molar-refractivity contribution in [3.63, 3.8) is 0 Å². The van der Waals surface area contributed by atoms with Gasteiger partial charge in [0.15, 0.2) is 11.3 Å². The van der Waals surface area contributed by atoms with Crippen LogP contribution in [-0.4, -0.2) is 30.3 Å². The van der Waals surface area contributed by atoms with E-state index in [2.05, 4.69) is 20.8 Å². The Kier molecular flexibility index (Phi) is 6.40. The van der Waals surface area contributed by atoms with Gasteiger partial charge in [0.2, 0.25) is 0 Å². The highest BCUT2D eigenvalue weighted by Crippen LogP contribution is 2.64. The third-order valence-electron chi connectivity index (χ3n) is 8.84. The fraction of sp³-hybridized carbons (Fsp3) is 1.00. The Morgan fingerprint density at radius 3 is 2.21 bits per heavy atom.